The minimum absolute atomic E-state index is 0.0580. The molecule has 2 heterocycles. The average Bonchev–Trinajstić information content (AvgIpc) is 3.36. The molecule has 0 saturated carbocycles. The summed E-state index contributed by atoms with van der Waals surface area (Å²) in [6.07, 6.45) is 8.65. The van der Waals surface area contributed by atoms with Gasteiger partial charge in [-0.1, -0.05) is 28.1 Å². The highest BCUT2D eigenvalue weighted by atomic mass is 79.9. The fourth-order valence-electron chi connectivity index (χ4n) is 4.76. The highest BCUT2D eigenvalue weighted by Crippen LogP contribution is 2.41. The molecule has 0 spiro atoms. The van der Waals surface area contributed by atoms with E-state index < -0.39 is 5.97 Å². The molecule has 2 aromatic carbocycles. The van der Waals surface area contributed by atoms with Crippen LogP contribution in [-0.2, 0) is 17.8 Å². The number of hydrogen-bond donors (Lipinski definition) is 1. The molecule has 1 aliphatic carbocycles. The van der Waals surface area contributed by atoms with Crippen LogP contribution in [0.25, 0.3) is 16.6 Å². The minimum Gasteiger partial charge on any atom is -0.481 e. The molecule has 5 rings (SSSR count). The fourth-order valence-corrected chi connectivity index (χ4v) is 5.12. The third-order valence-corrected chi connectivity index (χ3v) is 6.53. The second kappa shape index (κ2) is 7.76. The molecule has 0 aliphatic heterocycles. The van der Waals surface area contributed by atoms with Crippen LogP contribution in [0.3, 0.4) is 0 Å². The van der Waals surface area contributed by atoms with Crippen molar-refractivity contribution in [2.45, 2.75) is 38.1 Å². The van der Waals surface area contributed by atoms with Crippen molar-refractivity contribution < 1.29 is 9.90 Å². The Balaban J connectivity index is 1.58. The number of carbonyl (C=O) groups is 1. The van der Waals surface area contributed by atoms with Crippen LogP contribution in [0.2, 0.25) is 0 Å². The summed E-state index contributed by atoms with van der Waals surface area (Å²) < 4.78 is 5.38. The van der Waals surface area contributed by atoms with E-state index in [-0.39, 0.29) is 12.3 Å². The second-order valence-corrected chi connectivity index (χ2v) is 8.85. The molecular formula is C24H22BrN3O2. The third kappa shape index (κ3) is 3.45. The number of fused-ring (bicyclic) bond motifs is 3. The van der Waals surface area contributed by atoms with E-state index in [1.165, 1.54) is 27.7 Å². The van der Waals surface area contributed by atoms with E-state index in [0.717, 1.165) is 36.0 Å². The normalized spacial score (nSPS) is 16.0. The molecule has 0 fully saturated rings. The molecule has 0 amide bonds. The quantitative estimate of drug-likeness (QED) is 0.423. The van der Waals surface area contributed by atoms with Crippen LogP contribution < -0.4 is 0 Å². The van der Waals surface area contributed by atoms with Gasteiger partial charge in [0.2, 0.25) is 0 Å². The Morgan fingerprint density at radius 1 is 1.20 bits per heavy atom. The number of halogens is 1. The fraction of sp³-hybridized carbons (Fsp3) is 0.250. The van der Waals surface area contributed by atoms with Crippen molar-refractivity contribution in [1.82, 2.24) is 14.1 Å². The minimum atomic E-state index is -0.726. The monoisotopic (exact) mass is 463 g/mol. The highest BCUT2D eigenvalue weighted by Gasteiger charge is 2.29. The predicted molar refractivity (Wildman–Crippen MR) is 120 cm³/mol. The summed E-state index contributed by atoms with van der Waals surface area (Å²) in [4.78, 5) is 15.7. The molecule has 1 N–H and O–H groups in total. The number of carboxylic acid groups (broad SMARTS) is 1. The third-order valence-electron chi connectivity index (χ3n) is 6.04. The van der Waals surface area contributed by atoms with Gasteiger partial charge >= 0.3 is 5.97 Å². The predicted octanol–water partition coefficient (Wildman–Crippen LogP) is 5.53. The first kappa shape index (κ1) is 19.1. The number of rotatable bonds is 5. The summed E-state index contributed by atoms with van der Waals surface area (Å²) >= 11 is 3.61. The number of benzene rings is 2. The zero-order chi connectivity index (χ0) is 20.7. The first-order valence-corrected chi connectivity index (χ1v) is 11.0. The van der Waals surface area contributed by atoms with Gasteiger partial charge in [-0.15, -0.1) is 0 Å². The largest absolute Gasteiger partial charge is 0.481 e. The number of carboxylic acids is 1. The lowest BCUT2D eigenvalue weighted by atomic mass is 9.84. The van der Waals surface area contributed by atoms with Gasteiger partial charge in [0.1, 0.15) is 0 Å². The van der Waals surface area contributed by atoms with Gasteiger partial charge in [0.05, 0.1) is 12.7 Å². The van der Waals surface area contributed by atoms with Crippen LogP contribution in [0.1, 0.15) is 42.0 Å². The standard InChI is InChI=1S/C24H22BrN3O2/c25-18-6-9-22-21(13-18)20-3-1-2-17(12-23(29)30)24(20)28(22)14-16-4-7-19(8-5-16)27-11-10-26-15-27/h4-11,13,15,17H,1-3,12,14H2,(H,29,30). The number of aliphatic carboxylic acids is 1. The molecule has 30 heavy (non-hydrogen) atoms. The Labute approximate surface area is 183 Å². The summed E-state index contributed by atoms with van der Waals surface area (Å²) in [6.45, 7) is 0.730. The molecule has 6 heteroatoms. The van der Waals surface area contributed by atoms with Crippen LogP contribution in [0, 0.1) is 0 Å². The SMILES string of the molecule is O=C(O)CC1CCCc2c1n(Cc1ccc(-n3ccnc3)cc1)c1ccc(Br)cc21. The van der Waals surface area contributed by atoms with Crippen LogP contribution >= 0.6 is 15.9 Å². The average molecular weight is 464 g/mol. The van der Waals surface area contributed by atoms with Crippen LogP contribution in [0.15, 0.2) is 65.7 Å². The number of aryl methyl sites for hydroxylation is 1. The second-order valence-electron chi connectivity index (χ2n) is 7.93. The summed E-state index contributed by atoms with van der Waals surface area (Å²) in [7, 11) is 0. The van der Waals surface area contributed by atoms with Crippen molar-refractivity contribution >= 4 is 32.8 Å². The van der Waals surface area contributed by atoms with E-state index >= 15 is 0 Å². The van der Waals surface area contributed by atoms with Crippen molar-refractivity contribution in [3.05, 3.63) is 82.5 Å². The van der Waals surface area contributed by atoms with Gasteiger partial charge in [-0.2, -0.15) is 0 Å². The van der Waals surface area contributed by atoms with Crippen molar-refractivity contribution in [1.29, 1.82) is 0 Å². The van der Waals surface area contributed by atoms with E-state index in [0.29, 0.717) is 0 Å². The van der Waals surface area contributed by atoms with Gasteiger partial charge in [-0.3, -0.25) is 4.79 Å². The van der Waals surface area contributed by atoms with Gasteiger partial charge in [-0.05, 0) is 60.7 Å². The van der Waals surface area contributed by atoms with Gasteiger partial charge in [0.25, 0.3) is 0 Å². The molecular weight excluding hydrogens is 442 g/mol. The van der Waals surface area contributed by atoms with Crippen molar-refractivity contribution in [3.63, 3.8) is 0 Å². The Hall–Kier alpha value is -2.86. The van der Waals surface area contributed by atoms with Crippen molar-refractivity contribution in [2.75, 3.05) is 0 Å². The first-order valence-electron chi connectivity index (χ1n) is 10.2. The number of hydrogen-bond acceptors (Lipinski definition) is 2. The first-order chi connectivity index (χ1) is 14.6. The molecule has 1 atom stereocenters. The van der Waals surface area contributed by atoms with Gasteiger partial charge in [0.15, 0.2) is 0 Å². The van der Waals surface area contributed by atoms with E-state index in [1.54, 1.807) is 12.5 Å². The van der Waals surface area contributed by atoms with E-state index in [1.807, 2.05) is 10.8 Å². The zero-order valence-corrected chi connectivity index (χ0v) is 18.0. The molecule has 4 aromatic rings. The smallest absolute Gasteiger partial charge is 0.304 e. The molecule has 0 bridgehead atoms. The molecule has 0 saturated heterocycles. The summed E-state index contributed by atoms with van der Waals surface area (Å²) in [5.74, 6) is -0.668. The summed E-state index contributed by atoms with van der Waals surface area (Å²) in [6, 6.07) is 14.9. The Morgan fingerprint density at radius 2 is 2.03 bits per heavy atom. The number of imidazole rings is 1. The van der Waals surface area contributed by atoms with E-state index in [2.05, 4.69) is 67.9 Å². The Kier molecular flexibility index (Phi) is 4.95. The lowest BCUT2D eigenvalue weighted by molar-refractivity contribution is -0.137. The maximum atomic E-state index is 11.5. The maximum Gasteiger partial charge on any atom is 0.304 e. The Morgan fingerprint density at radius 3 is 2.77 bits per heavy atom. The van der Waals surface area contributed by atoms with Crippen LogP contribution in [0.5, 0.6) is 0 Å². The summed E-state index contributed by atoms with van der Waals surface area (Å²) in [5.41, 5.74) is 5.97. The number of aromatic nitrogens is 3. The molecule has 1 unspecified atom stereocenters. The highest BCUT2D eigenvalue weighted by molar-refractivity contribution is 9.10. The number of nitrogens with zero attached hydrogens (tertiary/aromatic N) is 3. The van der Waals surface area contributed by atoms with Gasteiger partial charge < -0.3 is 14.2 Å². The van der Waals surface area contributed by atoms with Crippen LogP contribution in [-0.4, -0.2) is 25.2 Å². The Bertz CT molecular complexity index is 1210. The van der Waals surface area contributed by atoms with Crippen molar-refractivity contribution in [3.8, 4) is 5.69 Å². The van der Waals surface area contributed by atoms with Gasteiger partial charge in [0, 0.05) is 51.6 Å². The van der Waals surface area contributed by atoms with Crippen LogP contribution in [0.4, 0.5) is 0 Å². The van der Waals surface area contributed by atoms with Crippen molar-refractivity contribution in [2.24, 2.45) is 0 Å². The summed E-state index contributed by atoms with van der Waals surface area (Å²) in [5, 5.41) is 10.7. The molecule has 2 aromatic heterocycles. The van der Waals surface area contributed by atoms with E-state index in [9.17, 15) is 9.90 Å². The molecule has 1 aliphatic rings. The van der Waals surface area contributed by atoms with E-state index in [4.69, 9.17) is 0 Å². The van der Waals surface area contributed by atoms with Gasteiger partial charge in [-0.25, -0.2) is 4.98 Å². The maximum absolute atomic E-state index is 11.5. The molecule has 5 nitrogen and oxygen atoms in total. The topological polar surface area (TPSA) is 60.0 Å². The molecule has 152 valence electrons. The lowest BCUT2D eigenvalue weighted by Gasteiger charge is -2.24. The lowest BCUT2D eigenvalue weighted by Crippen LogP contribution is -2.17. The molecule has 0 radical (unpaired) electrons. The zero-order valence-electron chi connectivity index (χ0n) is 16.5.